The van der Waals surface area contributed by atoms with E-state index < -0.39 is 5.97 Å². The highest BCUT2D eigenvalue weighted by Gasteiger charge is 2.13. The van der Waals surface area contributed by atoms with Crippen LogP contribution in [0.1, 0.15) is 29.8 Å². The molecule has 20 heavy (non-hydrogen) atoms. The minimum absolute atomic E-state index is 0.109. The van der Waals surface area contributed by atoms with E-state index in [0.717, 1.165) is 6.54 Å². The van der Waals surface area contributed by atoms with Crippen molar-refractivity contribution in [2.45, 2.75) is 20.4 Å². The number of carbonyl (C=O) groups is 1. The first kappa shape index (κ1) is 16.6. The second-order valence-electron chi connectivity index (χ2n) is 5.23. The highest BCUT2D eigenvalue weighted by atomic mass is 19.1. The molecule has 0 bridgehead atoms. The van der Waals surface area contributed by atoms with Crippen molar-refractivity contribution in [2.24, 2.45) is 5.92 Å². The third-order valence-electron chi connectivity index (χ3n) is 2.92. The van der Waals surface area contributed by atoms with E-state index >= 15 is 0 Å². The maximum absolute atomic E-state index is 13.8. The molecule has 0 heterocycles. The fraction of sp³-hybridized carbons (Fsp3) is 0.533. The number of hydrogen-bond donors (Lipinski definition) is 1. The Kier molecular flexibility index (Phi) is 6.61. The summed E-state index contributed by atoms with van der Waals surface area (Å²) in [5.74, 6) is -0.975. The number of rotatable bonds is 8. The fourth-order valence-electron chi connectivity index (χ4n) is 2.04. The average molecular weight is 283 g/mol. The molecule has 0 aliphatic rings. The number of hydrogen-bond acceptors (Lipinski definition) is 3. The van der Waals surface area contributed by atoms with Gasteiger partial charge in [-0.2, -0.15) is 0 Å². The molecule has 0 aliphatic heterocycles. The average Bonchev–Trinajstić information content (AvgIpc) is 2.37. The number of nitrogens with zero attached hydrogens (tertiary/aromatic N) is 1. The van der Waals surface area contributed by atoms with Crippen molar-refractivity contribution in [1.29, 1.82) is 0 Å². The molecule has 0 aromatic heterocycles. The molecule has 1 aromatic carbocycles. The van der Waals surface area contributed by atoms with Crippen LogP contribution in [0.3, 0.4) is 0 Å². The largest absolute Gasteiger partial charge is 0.478 e. The third kappa shape index (κ3) is 5.27. The third-order valence-corrected chi connectivity index (χ3v) is 2.92. The van der Waals surface area contributed by atoms with Crippen LogP contribution in [0.4, 0.5) is 4.39 Å². The van der Waals surface area contributed by atoms with Gasteiger partial charge in [-0.1, -0.05) is 13.8 Å². The van der Waals surface area contributed by atoms with Gasteiger partial charge in [-0.3, -0.25) is 4.90 Å². The summed E-state index contributed by atoms with van der Waals surface area (Å²) in [5.41, 5.74) is 0.513. The maximum atomic E-state index is 13.8. The first-order valence-electron chi connectivity index (χ1n) is 6.67. The van der Waals surface area contributed by atoms with Crippen molar-refractivity contribution in [3.8, 4) is 0 Å². The number of halogens is 1. The second-order valence-corrected chi connectivity index (χ2v) is 5.23. The Morgan fingerprint density at radius 3 is 2.70 bits per heavy atom. The van der Waals surface area contributed by atoms with Crippen LogP contribution in [-0.2, 0) is 11.3 Å². The second kappa shape index (κ2) is 7.97. The van der Waals surface area contributed by atoms with E-state index in [4.69, 9.17) is 9.84 Å². The zero-order chi connectivity index (χ0) is 15.1. The highest BCUT2D eigenvalue weighted by molar-refractivity contribution is 5.87. The Balaban J connectivity index is 2.85. The molecule has 5 heteroatoms. The van der Waals surface area contributed by atoms with Gasteiger partial charge in [-0.15, -0.1) is 0 Å². The van der Waals surface area contributed by atoms with Crippen molar-refractivity contribution in [3.05, 3.63) is 35.1 Å². The molecule has 0 radical (unpaired) electrons. The standard InChI is InChI=1S/C15H22FNO3/c1-11(2)9-17(6-7-20-3)10-13-8-12(15(18)19)4-5-14(13)16/h4-5,8,11H,6-7,9-10H2,1-3H3,(H,18,19). The SMILES string of the molecule is COCCN(Cc1cc(C(=O)O)ccc1F)CC(C)C. The molecule has 1 rings (SSSR count). The van der Waals surface area contributed by atoms with E-state index in [2.05, 4.69) is 18.7 Å². The highest BCUT2D eigenvalue weighted by Crippen LogP contribution is 2.14. The summed E-state index contributed by atoms with van der Waals surface area (Å²) in [6.07, 6.45) is 0. The lowest BCUT2D eigenvalue weighted by atomic mass is 10.1. The Hall–Kier alpha value is -1.46. The monoisotopic (exact) mass is 283 g/mol. The van der Waals surface area contributed by atoms with Gasteiger partial charge < -0.3 is 9.84 Å². The maximum Gasteiger partial charge on any atom is 0.335 e. The zero-order valence-corrected chi connectivity index (χ0v) is 12.2. The normalized spacial score (nSPS) is 11.3. The molecule has 4 nitrogen and oxygen atoms in total. The summed E-state index contributed by atoms with van der Waals surface area (Å²) in [6.45, 7) is 6.61. The summed E-state index contributed by atoms with van der Waals surface area (Å²) in [6, 6.07) is 3.89. The van der Waals surface area contributed by atoms with Crippen molar-refractivity contribution < 1.29 is 19.0 Å². The van der Waals surface area contributed by atoms with Crippen molar-refractivity contribution >= 4 is 5.97 Å². The van der Waals surface area contributed by atoms with Gasteiger partial charge in [0.2, 0.25) is 0 Å². The number of ether oxygens (including phenoxy) is 1. The first-order chi connectivity index (χ1) is 9.43. The van der Waals surface area contributed by atoms with E-state index in [1.807, 2.05) is 0 Å². The summed E-state index contributed by atoms with van der Waals surface area (Å²) < 4.78 is 18.9. The van der Waals surface area contributed by atoms with E-state index in [9.17, 15) is 9.18 Å². The smallest absolute Gasteiger partial charge is 0.335 e. The predicted octanol–water partition coefficient (Wildman–Crippen LogP) is 2.63. The molecule has 0 unspecified atom stereocenters. The number of benzene rings is 1. The molecule has 0 spiro atoms. The van der Waals surface area contributed by atoms with Crippen LogP contribution in [0, 0.1) is 11.7 Å². The molecule has 0 atom stereocenters. The molecule has 0 amide bonds. The van der Waals surface area contributed by atoms with Gasteiger partial charge in [0.25, 0.3) is 0 Å². The molecular weight excluding hydrogens is 261 g/mol. The van der Waals surface area contributed by atoms with Gasteiger partial charge in [-0.05, 0) is 24.1 Å². The zero-order valence-electron chi connectivity index (χ0n) is 12.2. The van der Waals surface area contributed by atoms with Crippen molar-refractivity contribution in [2.75, 3.05) is 26.8 Å². The van der Waals surface area contributed by atoms with Gasteiger partial charge in [0, 0.05) is 32.3 Å². The Bertz CT molecular complexity index is 449. The number of aromatic carboxylic acids is 1. The van der Waals surface area contributed by atoms with Gasteiger partial charge in [0.15, 0.2) is 0 Å². The van der Waals surface area contributed by atoms with Crippen molar-refractivity contribution in [1.82, 2.24) is 4.90 Å². The molecule has 1 N–H and O–H groups in total. The lowest BCUT2D eigenvalue weighted by Gasteiger charge is -2.24. The summed E-state index contributed by atoms with van der Waals surface area (Å²) >= 11 is 0. The van der Waals surface area contributed by atoms with Crippen LogP contribution < -0.4 is 0 Å². The molecule has 112 valence electrons. The van der Waals surface area contributed by atoms with Crippen LogP contribution in [0.2, 0.25) is 0 Å². The van der Waals surface area contributed by atoms with E-state index in [0.29, 0.717) is 31.2 Å². The molecular formula is C15H22FNO3. The number of carboxylic acids is 1. The predicted molar refractivity (Wildman–Crippen MR) is 75.4 cm³/mol. The van der Waals surface area contributed by atoms with E-state index in [-0.39, 0.29) is 11.4 Å². The van der Waals surface area contributed by atoms with Gasteiger partial charge in [-0.25, -0.2) is 9.18 Å². The quantitative estimate of drug-likeness (QED) is 0.797. The molecule has 0 fully saturated rings. The molecule has 0 aliphatic carbocycles. The minimum atomic E-state index is -1.04. The van der Waals surface area contributed by atoms with Gasteiger partial charge in [0.05, 0.1) is 12.2 Å². The molecule has 0 saturated carbocycles. The minimum Gasteiger partial charge on any atom is -0.478 e. The Morgan fingerprint density at radius 1 is 1.45 bits per heavy atom. The summed E-state index contributed by atoms with van der Waals surface area (Å²) in [7, 11) is 1.62. The van der Waals surface area contributed by atoms with Crippen molar-refractivity contribution in [3.63, 3.8) is 0 Å². The first-order valence-corrected chi connectivity index (χ1v) is 6.67. The van der Waals surface area contributed by atoms with E-state index in [1.165, 1.54) is 18.2 Å². The van der Waals surface area contributed by atoms with Crippen LogP contribution in [0.5, 0.6) is 0 Å². The Labute approximate surface area is 119 Å². The van der Waals surface area contributed by atoms with Crippen LogP contribution in [-0.4, -0.2) is 42.8 Å². The fourth-order valence-corrected chi connectivity index (χ4v) is 2.04. The Morgan fingerprint density at radius 2 is 2.15 bits per heavy atom. The summed E-state index contributed by atoms with van der Waals surface area (Å²) in [5, 5.41) is 8.97. The lowest BCUT2D eigenvalue weighted by molar-refractivity contribution is 0.0696. The number of carboxylic acid groups (broad SMARTS) is 1. The number of methoxy groups -OCH3 is 1. The van der Waals surface area contributed by atoms with Gasteiger partial charge in [0.1, 0.15) is 5.82 Å². The lowest BCUT2D eigenvalue weighted by Crippen LogP contribution is -2.31. The molecule has 1 aromatic rings. The van der Waals surface area contributed by atoms with E-state index in [1.54, 1.807) is 7.11 Å². The van der Waals surface area contributed by atoms with Crippen LogP contribution in [0.25, 0.3) is 0 Å². The topological polar surface area (TPSA) is 49.8 Å². The van der Waals surface area contributed by atoms with Crippen LogP contribution >= 0.6 is 0 Å². The van der Waals surface area contributed by atoms with Crippen LogP contribution in [0.15, 0.2) is 18.2 Å². The summed E-state index contributed by atoms with van der Waals surface area (Å²) in [4.78, 5) is 13.0. The van der Waals surface area contributed by atoms with Gasteiger partial charge >= 0.3 is 5.97 Å². The molecule has 0 saturated heterocycles.